The lowest BCUT2D eigenvalue weighted by Crippen LogP contribution is -2.38. The molecule has 112 valence electrons. The van der Waals surface area contributed by atoms with Gasteiger partial charge in [-0.15, -0.1) is 11.8 Å². The second-order valence-electron chi connectivity index (χ2n) is 5.83. The Balaban J connectivity index is 1.63. The van der Waals surface area contributed by atoms with Crippen LogP contribution >= 0.6 is 11.8 Å². The summed E-state index contributed by atoms with van der Waals surface area (Å²) in [6.07, 6.45) is 5.43. The van der Waals surface area contributed by atoms with Crippen LogP contribution in [-0.4, -0.2) is 10.1 Å². The summed E-state index contributed by atoms with van der Waals surface area (Å²) in [4.78, 5) is 5.73. The second kappa shape index (κ2) is 6.20. The Morgan fingerprint density at radius 1 is 1.19 bits per heavy atom. The third-order valence-corrected chi connectivity index (χ3v) is 5.04. The molecule has 0 saturated heterocycles. The van der Waals surface area contributed by atoms with Crippen LogP contribution < -0.4 is 5.73 Å². The van der Waals surface area contributed by atoms with Crippen LogP contribution in [0.15, 0.2) is 33.7 Å². The zero-order chi connectivity index (χ0) is 14.7. The summed E-state index contributed by atoms with van der Waals surface area (Å²) in [7, 11) is 0. The molecule has 0 aliphatic heterocycles. The van der Waals surface area contributed by atoms with E-state index in [1.165, 1.54) is 16.9 Å². The van der Waals surface area contributed by atoms with Gasteiger partial charge in [0, 0.05) is 4.90 Å². The number of benzene rings is 1. The van der Waals surface area contributed by atoms with E-state index in [0.717, 1.165) is 31.5 Å². The molecule has 1 aliphatic rings. The average molecular weight is 303 g/mol. The van der Waals surface area contributed by atoms with E-state index < -0.39 is 5.54 Å². The quantitative estimate of drug-likeness (QED) is 0.871. The third kappa shape index (κ3) is 3.47. The summed E-state index contributed by atoms with van der Waals surface area (Å²) in [5, 5.41) is 4.08. The van der Waals surface area contributed by atoms with E-state index in [2.05, 4.69) is 41.3 Å². The van der Waals surface area contributed by atoms with Crippen molar-refractivity contribution in [3.05, 3.63) is 41.5 Å². The molecule has 2 N–H and O–H groups in total. The number of hydrogen-bond acceptors (Lipinski definition) is 5. The van der Waals surface area contributed by atoms with E-state index in [9.17, 15) is 0 Å². The van der Waals surface area contributed by atoms with Gasteiger partial charge in [0.2, 0.25) is 5.89 Å². The zero-order valence-electron chi connectivity index (χ0n) is 12.3. The van der Waals surface area contributed by atoms with Crippen molar-refractivity contribution in [1.82, 2.24) is 10.1 Å². The summed E-state index contributed by atoms with van der Waals surface area (Å²) in [6.45, 7) is 2.09. The lowest BCUT2D eigenvalue weighted by atomic mass is 9.82. The molecule has 0 amide bonds. The molecule has 3 rings (SSSR count). The summed E-state index contributed by atoms with van der Waals surface area (Å²) in [6, 6.07) is 8.46. The summed E-state index contributed by atoms with van der Waals surface area (Å²) in [5.74, 6) is 2.05. The van der Waals surface area contributed by atoms with E-state index in [0.29, 0.717) is 11.6 Å². The number of aromatic nitrogens is 2. The Morgan fingerprint density at radius 2 is 1.90 bits per heavy atom. The van der Waals surface area contributed by atoms with Gasteiger partial charge in [-0.05, 0) is 31.9 Å². The van der Waals surface area contributed by atoms with Gasteiger partial charge in [0.1, 0.15) is 0 Å². The normalized spacial score (nSPS) is 17.8. The molecule has 1 aliphatic carbocycles. The molecule has 1 heterocycles. The van der Waals surface area contributed by atoms with Crippen LogP contribution in [0.2, 0.25) is 0 Å². The highest BCUT2D eigenvalue weighted by atomic mass is 32.2. The Labute approximate surface area is 129 Å². The van der Waals surface area contributed by atoms with E-state index >= 15 is 0 Å². The summed E-state index contributed by atoms with van der Waals surface area (Å²) >= 11 is 1.72. The van der Waals surface area contributed by atoms with E-state index in [4.69, 9.17) is 10.3 Å². The molecule has 4 nitrogen and oxygen atoms in total. The van der Waals surface area contributed by atoms with Gasteiger partial charge in [-0.1, -0.05) is 42.1 Å². The largest absolute Gasteiger partial charge is 0.337 e. The smallest absolute Gasteiger partial charge is 0.246 e. The Morgan fingerprint density at radius 3 is 2.62 bits per heavy atom. The number of hydrogen-bond donors (Lipinski definition) is 1. The maximum atomic E-state index is 6.41. The van der Waals surface area contributed by atoms with E-state index in [1.807, 2.05) is 0 Å². The van der Waals surface area contributed by atoms with Crippen LogP contribution in [-0.2, 0) is 11.3 Å². The molecule has 1 aromatic carbocycles. The lowest BCUT2D eigenvalue weighted by molar-refractivity contribution is 0.219. The van der Waals surface area contributed by atoms with Gasteiger partial charge in [0.25, 0.3) is 0 Å². The van der Waals surface area contributed by atoms with Crippen LogP contribution in [0.1, 0.15) is 49.4 Å². The molecule has 21 heavy (non-hydrogen) atoms. The molecular formula is C16H21N3OS. The van der Waals surface area contributed by atoms with Crippen molar-refractivity contribution >= 4 is 11.8 Å². The number of nitrogens with zero attached hydrogens (tertiary/aromatic N) is 2. The van der Waals surface area contributed by atoms with Crippen molar-refractivity contribution in [3.8, 4) is 0 Å². The van der Waals surface area contributed by atoms with E-state index in [1.54, 1.807) is 11.8 Å². The minimum atomic E-state index is -0.405. The molecule has 0 spiro atoms. The van der Waals surface area contributed by atoms with Gasteiger partial charge in [0.15, 0.2) is 5.82 Å². The zero-order valence-corrected chi connectivity index (χ0v) is 13.2. The number of thioether (sulfide) groups is 1. The molecule has 2 aromatic rings. The van der Waals surface area contributed by atoms with Crippen LogP contribution in [0.3, 0.4) is 0 Å². The highest BCUT2D eigenvalue weighted by Gasteiger charge is 2.35. The molecule has 0 radical (unpaired) electrons. The third-order valence-electron chi connectivity index (χ3n) is 4.03. The molecule has 0 unspecified atom stereocenters. The first-order valence-corrected chi connectivity index (χ1v) is 8.46. The molecule has 1 saturated carbocycles. The fourth-order valence-electron chi connectivity index (χ4n) is 2.69. The van der Waals surface area contributed by atoms with Crippen molar-refractivity contribution in [2.24, 2.45) is 5.73 Å². The second-order valence-corrected chi connectivity index (χ2v) is 6.88. The molecule has 1 fully saturated rings. The van der Waals surface area contributed by atoms with Gasteiger partial charge >= 0.3 is 0 Å². The highest BCUT2D eigenvalue weighted by molar-refractivity contribution is 7.98. The molecule has 5 heteroatoms. The topological polar surface area (TPSA) is 64.9 Å². The minimum absolute atomic E-state index is 0.405. The summed E-state index contributed by atoms with van der Waals surface area (Å²) < 4.78 is 5.42. The van der Waals surface area contributed by atoms with Crippen LogP contribution in [0.5, 0.6) is 0 Å². The van der Waals surface area contributed by atoms with Gasteiger partial charge in [0.05, 0.1) is 11.3 Å². The summed E-state index contributed by atoms with van der Waals surface area (Å²) in [5.41, 5.74) is 7.28. The average Bonchev–Trinajstić information content (AvgIpc) is 2.97. The first-order valence-electron chi connectivity index (χ1n) is 7.47. The molecule has 0 atom stereocenters. The Kier molecular flexibility index (Phi) is 4.31. The predicted molar refractivity (Wildman–Crippen MR) is 84.0 cm³/mol. The molecular weight excluding hydrogens is 282 g/mol. The van der Waals surface area contributed by atoms with Crippen molar-refractivity contribution in [2.75, 3.05) is 0 Å². The fraction of sp³-hybridized carbons (Fsp3) is 0.500. The minimum Gasteiger partial charge on any atom is -0.337 e. The number of rotatable bonds is 4. The van der Waals surface area contributed by atoms with Gasteiger partial charge in [-0.25, -0.2) is 0 Å². The Bertz CT molecular complexity index is 588. The lowest BCUT2D eigenvalue weighted by Gasteiger charge is -2.29. The van der Waals surface area contributed by atoms with Gasteiger partial charge < -0.3 is 10.3 Å². The first-order chi connectivity index (χ1) is 10.2. The van der Waals surface area contributed by atoms with Crippen molar-refractivity contribution in [1.29, 1.82) is 0 Å². The maximum absolute atomic E-state index is 6.41. The first kappa shape index (κ1) is 14.6. The van der Waals surface area contributed by atoms with Crippen LogP contribution in [0.25, 0.3) is 0 Å². The number of aryl methyl sites for hydroxylation is 1. The molecule has 1 aromatic heterocycles. The standard InChI is InChI=1S/C16H21N3OS/c1-12-5-7-13(8-6-12)21-11-14-18-15(20-19-14)16(17)9-3-2-4-10-16/h5-8H,2-4,9-11,17H2,1H3. The van der Waals surface area contributed by atoms with Gasteiger partial charge in [-0.3, -0.25) is 0 Å². The van der Waals surface area contributed by atoms with Crippen molar-refractivity contribution in [2.45, 2.75) is 55.2 Å². The van der Waals surface area contributed by atoms with Crippen LogP contribution in [0, 0.1) is 6.92 Å². The monoisotopic (exact) mass is 303 g/mol. The highest BCUT2D eigenvalue weighted by Crippen LogP contribution is 2.34. The fourth-order valence-corrected chi connectivity index (χ4v) is 3.44. The van der Waals surface area contributed by atoms with Crippen molar-refractivity contribution in [3.63, 3.8) is 0 Å². The maximum Gasteiger partial charge on any atom is 0.246 e. The van der Waals surface area contributed by atoms with Gasteiger partial charge in [-0.2, -0.15) is 4.98 Å². The Hall–Kier alpha value is -1.33. The molecule has 0 bridgehead atoms. The predicted octanol–water partition coefficient (Wildman–Crippen LogP) is 3.79. The number of nitrogens with two attached hydrogens (primary N) is 1. The van der Waals surface area contributed by atoms with Crippen molar-refractivity contribution < 1.29 is 4.52 Å². The van der Waals surface area contributed by atoms with Crippen LogP contribution in [0.4, 0.5) is 0 Å². The SMILES string of the molecule is Cc1ccc(SCc2noc(C3(N)CCCCC3)n2)cc1. The van der Waals surface area contributed by atoms with E-state index in [-0.39, 0.29) is 0 Å².